The number of pyridine rings is 2. The van der Waals surface area contributed by atoms with E-state index in [1.165, 1.54) is 41.5 Å². The number of allylic oxidation sites excluding steroid dienone is 2. The van der Waals surface area contributed by atoms with E-state index in [1.807, 2.05) is 97.3 Å². The van der Waals surface area contributed by atoms with E-state index in [2.05, 4.69) is 46.4 Å². The van der Waals surface area contributed by atoms with Crippen LogP contribution in [0.4, 0.5) is 0 Å². The summed E-state index contributed by atoms with van der Waals surface area (Å²) < 4.78 is 0. The van der Waals surface area contributed by atoms with E-state index >= 15 is 0 Å². The molecule has 40 heavy (non-hydrogen) atoms. The van der Waals surface area contributed by atoms with Gasteiger partial charge in [0.15, 0.2) is 0 Å². The van der Waals surface area contributed by atoms with Crippen molar-refractivity contribution in [3.63, 3.8) is 0 Å². The van der Waals surface area contributed by atoms with E-state index in [-0.39, 0.29) is 31.6 Å². The van der Waals surface area contributed by atoms with Gasteiger partial charge in [-0.05, 0) is 52.0 Å². The van der Waals surface area contributed by atoms with Gasteiger partial charge in [-0.3, -0.25) is 4.79 Å². The van der Waals surface area contributed by atoms with Crippen LogP contribution in [-0.4, -0.2) is 25.7 Å². The van der Waals surface area contributed by atoms with E-state index in [1.54, 1.807) is 0 Å². The number of hydrogen-bond acceptors (Lipinski definition) is 3. The molecule has 4 nitrogen and oxygen atoms in total. The maximum absolute atomic E-state index is 8.40. The Labute approximate surface area is 248 Å². The van der Waals surface area contributed by atoms with Crippen molar-refractivity contribution in [3.8, 4) is 22.5 Å². The fraction of sp³-hybridized carbons (Fsp3) is 0.0571. The topological polar surface area (TPSA) is 67.4 Å². The maximum atomic E-state index is 8.40. The van der Waals surface area contributed by atoms with Gasteiger partial charge in [-0.25, -0.2) is 0 Å². The Morgan fingerprint density at radius 1 is 0.650 bits per heavy atom. The molecule has 0 aliphatic carbocycles. The molecule has 0 saturated heterocycles. The van der Waals surface area contributed by atoms with Crippen molar-refractivity contribution in [1.29, 1.82) is 0 Å². The molecule has 0 unspecified atom stereocenters. The molecule has 0 aliphatic heterocycles. The smallest absolute Gasteiger partial charge is 0.316 e. The van der Waals surface area contributed by atoms with E-state index in [4.69, 9.17) is 9.90 Å². The number of nitrogens with zero attached hydrogens (tertiary/aromatic N) is 2. The average molecular weight is 702 g/mol. The van der Waals surface area contributed by atoms with Crippen LogP contribution in [-0.2, 0) is 20.1 Å². The number of aliphatic hydroxyl groups is 1. The minimum Gasteiger partial charge on any atom is -0.512 e. The zero-order valence-corrected chi connectivity index (χ0v) is 24.6. The average Bonchev–Trinajstić information content (AvgIpc) is 2.97. The largest absolute Gasteiger partial charge is 0.512 e. The van der Waals surface area contributed by atoms with E-state index in [0.29, 0.717) is 0 Å². The molecule has 0 saturated carbocycles. The van der Waals surface area contributed by atoms with Gasteiger partial charge in [0.25, 0.3) is 0 Å². The number of benzene rings is 4. The molecule has 4 aromatic carbocycles. The van der Waals surface area contributed by atoms with Gasteiger partial charge in [-0.2, -0.15) is 0 Å². The Kier molecular flexibility index (Phi) is 11.5. The van der Waals surface area contributed by atoms with Crippen LogP contribution in [0, 0.1) is 12.1 Å². The summed E-state index contributed by atoms with van der Waals surface area (Å²) >= 11 is 0. The predicted molar refractivity (Wildman–Crippen MR) is 161 cm³/mol. The van der Waals surface area contributed by atoms with Crippen LogP contribution in [0.3, 0.4) is 0 Å². The van der Waals surface area contributed by atoms with Crippen molar-refractivity contribution in [3.05, 3.63) is 146 Å². The SMILES string of the molecule is CC(=[OH+])/C=C(/C)O.[Ir].[c-]1ccccc1-c1nccc2ccccc12.[c-]1ccccc1-c1nccc2ccccc12. The van der Waals surface area contributed by atoms with Crippen LogP contribution in [0.5, 0.6) is 0 Å². The minimum atomic E-state index is 0. The second-order valence-corrected chi connectivity index (χ2v) is 8.74. The van der Waals surface area contributed by atoms with Crippen LogP contribution in [0.25, 0.3) is 44.1 Å². The van der Waals surface area contributed by atoms with Crippen molar-refractivity contribution in [1.82, 2.24) is 9.97 Å². The summed E-state index contributed by atoms with van der Waals surface area (Å²) in [5.41, 5.74) is 4.08. The van der Waals surface area contributed by atoms with Gasteiger partial charge in [0.05, 0.1) is 18.8 Å². The number of carbonyl (C=O) groups excluding carboxylic acids is 1. The molecule has 6 rings (SSSR count). The van der Waals surface area contributed by atoms with Crippen LogP contribution in [0.15, 0.2) is 133 Å². The van der Waals surface area contributed by atoms with Crippen LogP contribution in [0.1, 0.15) is 13.8 Å². The Bertz CT molecular complexity index is 1570. The molecule has 0 aliphatic rings. The third-order valence-electron chi connectivity index (χ3n) is 5.69. The number of rotatable bonds is 3. The Hall–Kier alpha value is -4.44. The van der Waals surface area contributed by atoms with Gasteiger partial charge in [0.2, 0.25) is 0 Å². The molecular formula is C35H29IrN2O2-. The summed E-state index contributed by atoms with van der Waals surface area (Å²) in [5, 5.41) is 13.2. The van der Waals surface area contributed by atoms with E-state index in [0.717, 1.165) is 22.5 Å². The fourth-order valence-corrected chi connectivity index (χ4v) is 4.05. The van der Waals surface area contributed by atoms with Gasteiger partial charge < -0.3 is 15.1 Å². The molecule has 0 fully saturated rings. The van der Waals surface area contributed by atoms with Gasteiger partial charge in [-0.1, -0.05) is 48.5 Å². The zero-order valence-electron chi connectivity index (χ0n) is 22.2. The second kappa shape index (κ2) is 15.2. The van der Waals surface area contributed by atoms with Gasteiger partial charge in [0, 0.05) is 32.5 Å². The van der Waals surface area contributed by atoms with E-state index < -0.39 is 0 Å². The van der Waals surface area contributed by atoms with Gasteiger partial charge in [0.1, 0.15) is 0 Å². The molecule has 6 aromatic rings. The molecular weight excluding hydrogens is 673 g/mol. The van der Waals surface area contributed by atoms with Gasteiger partial charge >= 0.3 is 5.78 Å². The third kappa shape index (κ3) is 8.28. The quantitative estimate of drug-likeness (QED) is 0.0873. The van der Waals surface area contributed by atoms with Crippen LogP contribution >= 0.6 is 0 Å². The van der Waals surface area contributed by atoms with Crippen molar-refractivity contribution in [2.45, 2.75) is 13.8 Å². The summed E-state index contributed by atoms with van der Waals surface area (Å²) in [5.74, 6) is 0.250. The number of fused-ring (bicyclic) bond motifs is 2. The van der Waals surface area contributed by atoms with Crippen molar-refractivity contribution in [2.24, 2.45) is 0 Å². The first-order valence-electron chi connectivity index (χ1n) is 12.5. The van der Waals surface area contributed by atoms with E-state index in [9.17, 15) is 0 Å². The Morgan fingerprint density at radius 2 is 1.07 bits per heavy atom. The molecule has 5 heteroatoms. The van der Waals surface area contributed by atoms with Crippen LogP contribution < -0.4 is 0 Å². The first kappa shape index (κ1) is 30.1. The number of ketones is 1. The van der Waals surface area contributed by atoms with Gasteiger partial charge in [-0.15, -0.1) is 71.8 Å². The van der Waals surface area contributed by atoms with Crippen molar-refractivity contribution >= 4 is 27.3 Å². The molecule has 2 aromatic heterocycles. The van der Waals surface area contributed by atoms with Crippen LogP contribution in [0.2, 0.25) is 0 Å². The maximum Gasteiger partial charge on any atom is 0.316 e. The normalized spacial score (nSPS) is 10.4. The summed E-state index contributed by atoms with van der Waals surface area (Å²) in [6.45, 7) is 3.00. The summed E-state index contributed by atoms with van der Waals surface area (Å²) in [7, 11) is 0. The first-order chi connectivity index (χ1) is 19.0. The molecule has 1 radical (unpaired) electrons. The van der Waals surface area contributed by atoms with Crippen molar-refractivity contribution < 1.29 is 30.0 Å². The number of aromatic nitrogens is 2. The summed E-state index contributed by atoms with van der Waals surface area (Å²) in [4.78, 5) is 17.3. The zero-order chi connectivity index (χ0) is 27.5. The third-order valence-corrected chi connectivity index (χ3v) is 5.69. The standard InChI is InChI=1S/2C15H10N.C5H8O2.Ir/c2*1-2-7-13(8-3-1)15-14-9-5-4-6-12(14)10-11-16-15;1-4(6)3-5(2)7;/h2*1-7,9-11H;3,6H,1-2H3;/q2*-1;;/p+1/b;;4-3-;. The molecule has 0 amide bonds. The fourth-order valence-electron chi connectivity index (χ4n) is 4.05. The predicted octanol–water partition coefficient (Wildman–Crippen LogP) is 8.41. The second-order valence-electron chi connectivity index (χ2n) is 8.74. The molecule has 0 atom stereocenters. The number of hydrogen-bond donors (Lipinski definition) is 1. The molecule has 0 bridgehead atoms. The first-order valence-corrected chi connectivity index (χ1v) is 12.5. The number of aliphatic hydroxyl groups excluding tert-OH is 1. The summed E-state index contributed by atoms with van der Waals surface area (Å²) in [6, 6.07) is 42.9. The monoisotopic (exact) mass is 702 g/mol. The Balaban J connectivity index is 0.000000177. The Morgan fingerprint density at radius 3 is 1.43 bits per heavy atom. The minimum absolute atomic E-state index is 0. The molecule has 201 valence electrons. The van der Waals surface area contributed by atoms with Crippen molar-refractivity contribution in [2.75, 3.05) is 0 Å². The molecule has 2 N–H and O–H groups in total. The summed E-state index contributed by atoms with van der Waals surface area (Å²) in [6.07, 6.45) is 4.97. The molecule has 2 heterocycles. The molecule has 0 spiro atoms.